The van der Waals surface area contributed by atoms with E-state index in [0.29, 0.717) is 29.5 Å². The van der Waals surface area contributed by atoms with E-state index in [9.17, 15) is 8.78 Å². The van der Waals surface area contributed by atoms with Crippen molar-refractivity contribution in [3.63, 3.8) is 0 Å². The first-order chi connectivity index (χ1) is 35.2. The zero-order valence-electron chi connectivity index (χ0n) is 43.1. The Bertz CT molecular complexity index is 3090. The quantitative estimate of drug-likeness (QED) is 0.117. The summed E-state index contributed by atoms with van der Waals surface area (Å²) in [5.74, 6) is 0.623. The van der Waals surface area contributed by atoms with Gasteiger partial charge >= 0.3 is 0 Å². The van der Waals surface area contributed by atoms with Crippen molar-refractivity contribution in [1.29, 1.82) is 0 Å². The van der Waals surface area contributed by atoms with E-state index in [1.807, 2.05) is 54.1 Å². The van der Waals surface area contributed by atoms with E-state index in [4.69, 9.17) is 17.3 Å². The summed E-state index contributed by atoms with van der Waals surface area (Å²) < 4.78 is 32.3. The van der Waals surface area contributed by atoms with Gasteiger partial charge in [-0.3, -0.25) is 34.1 Å². The molecule has 2 fully saturated rings. The van der Waals surface area contributed by atoms with Crippen LogP contribution in [0.25, 0.3) is 44.6 Å². The molecule has 20 heteroatoms. The van der Waals surface area contributed by atoms with Gasteiger partial charge in [0.15, 0.2) is 11.6 Å². The van der Waals surface area contributed by atoms with Gasteiger partial charge in [0.25, 0.3) is 0 Å². The lowest BCUT2D eigenvalue weighted by Crippen LogP contribution is -2.45. The molecule has 2 saturated heterocycles. The zero-order chi connectivity index (χ0) is 51.8. The van der Waals surface area contributed by atoms with Crippen LogP contribution in [0, 0.1) is 11.6 Å². The van der Waals surface area contributed by atoms with Crippen LogP contribution >= 0.6 is 11.6 Å². The number of aryl methyl sites for hydroxylation is 2. The minimum atomic E-state index is -0.554. The van der Waals surface area contributed by atoms with E-state index >= 15 is 0 Å². The molecule has 0 saturated carbocycles. The number of nitrogen functional groups attached to an aromatic ring is 1. The predicted octanol–water partition coefficient (Wildman–Crippen LogP) is 7.95. The fourth-order valence-corrected chi connectivity index (χ4v) is 9.59. The summed E-state index contributed by atoms with van der Waals surface area (Å²) >= 11 is 5.74. The monoisotopic (exact) mass is 1010 g/mol. The molecule has 0 spiro atoms. The van der Waals surface area contributed by atoms with Crippen LogP contribution in [0.4, 0.5) is 14.6 Å². The summed E-state index contributed by atoms with van der Waals surface area (Å²) in [5.41, 5.74) is 13.7. The molecule has 8 aromatic heterocycles. The first-order valence-electron chi connectivity index (χ1n) is 25.0. The van der Waals surface area contributed by atoms with Gasteiger partial charge in [-0.15, -0.1) is 0 Å². The topological polar surface area (TPSA) is 178 Å². The Morgan fingerprint density at radius 3 is 1.48 bits per heavy atom. The number of nitrogens with two attached hydrogens (primary N) is 1. The van der Waals surface area contributed by atoms with Gasteiger partial charge in [-0.25, -0.2) is 33.7 Å². The van der Waals surface area contributed by atoms with Crippen molar-refractivity contribution in [2.24, 2.45) is 14.1 Å². The fourth-order valence-electron chi connectivity index (χ4n) is 9.46. The van der Waals surface area contributed by atoms with Crippen LogP contribution < -0.4 is 5.73 Å². The summed E-state index contributed by atoms with van der Waals surface area (Å²) in [7, 11) is 3.81. The standard InChI is InChI=1S/C27H33FN8.C14H13ClFN5.C12H20N4/c1-5-35-8-10-36(11-9-35)17-19-6-7-20(29-14-19)12-25-31-15-22(28)26(32-25)23-13-21-24(16-30-23)33-34(4)27(21)18(2)3;1-7(2)13-8-4-10(17-6-11(8)20-21(13)3)12-9(16)5-18-14(15)19-12;1-2-15-5-7-16(8-6-15)10-11-3-4-12(13)14-9-11/h6-7,13-16,18H,5,8-12,17H2,1-4H3;4-7H,1-3H3;3-4,9H,2,5-8,10H2,1H3,(H2,13,14). The minimum Gasteiger partial charge on any atom is -0.384 e. The number of hydrogen-bond donors (Lipinski definition) is 1. The highest BCUT2D eigenvalue weighted by Gasteiger charge is 2.21. The first-order valence-corrected chi connectivity index (χ1v) is 25.4. The van der Waals surface area contributed by atoms with Crippen LogP contribution in [-0.4, -0.2) is 144 Å². The fraction of sp³-hybridized carbons (Fsp3) is 0.434. The van der Waals surface area contributed by atoms with E-state index in [-0.39, 0.29) is 28.5 Å². The van der Waals surface area contributed by atoms with Crippen molar-refractivity contribution in [3.05, 3.63) is 125 Å². The summed E-state index contributed by atoms with van der Waals surface area (Å²) in [4.78, 5) is 43.6. The maximum atomic E-state index is 14.8. The Labute approximate surface area is 430 Å². The van der Waals surface area contributed by atoms with Gasteiger partial charge in [0, 0.05) is 120 Å². The van der Waals surface area contributed by atoms with Crippen molar-refractivity contribution in [2.75, 3.05) is 71.2 Å². The Kier molecular flexibility index (Phi) is 17.4. The van der Waals surface area contributed by atoms with Crippen molar-refractivity contribution in [1.82, 2.24) is 79.0 Å². The third-order valence-electron chi connectivity index (χ3n) is 13.3. The number of pyridine rings is 4. The number of fused-ring (bicyclic) bond motifs is 2. The molecule has 0 bridgehead atoms. The van der Waals surface area contributed by atoms with E-state index < -0.39 is 11.6 Å². The molecule has 17 nitrogen and oxygen atoms in total. The maximum Gasteiger partial charge on any atom is 0.223 e. The molecule has 8 aromatic rings. The molecule has 2 aliphatic rings. The Hall–Kier alpha value is -6.51. The molecular formula is C53H66ClF2N17. The van der Waals surface area contributed by atoms with Crippen LogP contribution in [0.2, 0.25) is 5.28 Å². The molecule has 384 valence electrons. The lowest BCUT2D eigenvalue weighted by molar-refractivity contribution is 0.132. The molecule has 73 heavy (non-hydrogen) atoms. The van der Waals surface area contributed by atoms with E-state index in [0.717, 1.165) is 111 Å². The largest absolute Gasteiger partial charge is 0.384 e. The van der Waals surface area contributed by atoms with Gasteiger partial charge in [0.05, 0.1) is 42.6 Å². The predicted molar refractivity (Wildman–Crippen MR) is 283 cm³/mol. The Balaban J connectivity index is 0.000000162. The Morgan fingerprint density at radius 2 is 1.03 bits per heavy atom. The Morgan fingerprint density at radius 1 is 0.562 bits per heavy atom. The van der Waals surface area contributed by atoms with Crippen LogP contribution in [0.1, 0.15) is 87.4 Å². The highest BCUT2D eigenvalue weighted by molar-refractivity contribution is 6.28. The third kappa shape index (κ3) is 13.2. The molecule has 2 aliphatic heterocycles. The normalized spacial score (nSPS) is 15.0. The molecular weight excluding hydrogens is 948 g/mol. The lowest BCUT2D eigenvalue weighted by atomic mass is 10.1. The van der Waals surface area contributed by atoms with Gasteiger partial charge in [0.2, 0.25) is 5.28 Å². The molecule has 0 unspecified atom stereocenters. The van der Waals surface area contributed by atoms with Crippen LogP contribution in [0.5, 0.6) is 0 Å². The van der Waals surface area contributed by atoms with Crippen LogP contribution in [-0.2, 0) is 33.6 Å². The summed E-state index contributed by atoms with van der Waals surface area (Å²) in [6.45, 7) is 26.1. The lowest BCUT2D eigenvalue weighted by Gasteiger charge is -2.33. The SMILES string of the molecule is CC(C)c1c2cc(-c3nc(Cl)ncc3F)ncc2nn1C.CCN1CCN(Cc2ccc(Cc3ncc(F)c(-c4cc5c(C(C)C)n(C)nc5cn4)n3)nc2)CC1.CCN1CCN(Cc2ccc(N)nc2)CC1. The molecule has 10 rings (SSSR count). The molecule has 0 radical (unpaired) electrons. The minimum absolute atomic E-state index is 0.0106. The van der Waals surface area contributed by atoms with E-state index in [2.05, 4.69) is 123 Å². The number of nitrogens with zero attached hydrogens (tertiary/aromatic N) is 16. The van der Waals surface area contributed by atoms with Crippen molar-refractivity contribution in [3.8, 4) is 22.8 Å². The number of likely N-dealkylation sites (N-methyl/N-ethyl adjacent to an activating group) is 2. The summed E-state index contributed by atoms with van der Waals surface area (Å²) in [5, 5.41) is 10.8. The molecule has 0 aliphatic carbocycles. The highest BCUT2D eigenvalue weighted by Crippen LogP contribution is 2.30. The number of aromatic nitrogens is 12. The molecule has 0 atom stereocenters. The van der Waals surface area contributed by atoms with E-state index in [1.165, 1.54) is 30.4 Å². The second-order valence-electron chi connectivity index (χ2n) is 19.2. The maximum absolute atomic E-state index is 14.8. The van der Waals surface area contributed by atoms with Gasteiger partial charge in [0.1, 0.15) is 34.1 Å². The van der Waals surface area contributed by atoms with Gasteiger partial charge in [-0.1, -0.05) is 53.7 Å². The average molecular weight is 1010 g/mol. The van der Waals surface area contributed by atoms with Crippen molar-refractivity contribution in [2.45, 2.75) is 72.9 Å². The summed E-state index contributed by atoms with van der Waals surface area (Å²) in [6, 6.07) is 11.7. The first kappa shape index (κ1) is 52.8. The smallest absolute Gasteiger partial charge is 0.223 e. The molecule has 0 aromatic carbocycles. The van der Waals surface area contributed by atoms with E-state index in [1.54, 1.807) is 18.5 Å². The number of piperazine rings is 2. The van der Waals surface area contributed by atoms with Gasteiger partial charge in [-0.05, 0) is 71.9 Å². The summed E-state index contributed by atoms with van der Waals surface area (Å²) in [6.07, 6.45) is 9.80. The third-order valence-corrected chi connectivity index (χ3v) is 13.5. The number of rotatable bonds is 12. The van der Waals surface area contributed by atoms with Crippen LogP contribution in [0.3, 0.4) is 0 Å². The van der Waals surface area contributed by atoms with Gasteiger partial charge in [-0.2, -0.15) is 10.2 Å². The van der Waals surface area contributed by atoms with Crippen molar-refractivity contribution >= 4 is 39.2 Å². The number of anilines is 1. The number of halogens is 3. The second-order valence-corrected chi connectivity index (χ2v) is 19.5. The van der Waals surface area contributed by atoms with Crippen molar-refractivity contribution < 1.29 is 8.78 Å². The highest BCUT2D eigenvalue weighted by atomic mass is 35.5. The van der Waals surface area contributed by atoms with Gasteiger partial charge < -0.3 is 15.5 Å². The zero-order valence-corrected chi connectivity index (χ0v) is 43.9. The molecule has 2 N–H and O–H groups in total. The molecule has 0 amide bonds. The second kappa shape index (κ2) is 24.0. The number of hydrogen-bond acceptors (Lipinski definition) is 15. The van der Waals surface area contributed by atoms with Crippen LogP contribution in [0.15, 0.2) is 73.6 Å². The average Bonchev–Trinajstić information content (AvgIpc) is 3.91. The molecule has 10 heterocycles.